The molecule has 0 saturated heterocycles. The molecule has 0 aliphatic rings. The molecule has 0 atom stereocenters. The number of hydrogen-bond acceptors (Lipinski definition) is 4. The Balaban J connectivity index is 4.26. The van der Waals surface area contributed by atoms with E-state index in [1.807, 2.05) is 6.92 Å². The Labute approximate surface area is 71.8 Å². The molecule has 0 heterocycles. The molecule has 0 aromatic rings. The Kier molecular flexibility index (Phi) is 4.84. The van der Waals surface area contributed by atoms with Gasteiger partial charge in [0.2, 0.25) is 0 Å². The predicted octanol–water partition coefficient (Wildman–Crippen LogP) is 1.37. The zero-order chi connectivity index (χ0) is 8.91. The van der Waals surface area contributed by atoms with E-state index in [1.165, 1.54) is 14.2 Å². The Morgan fingerprint density at radius 1 is 1.55 bits per heavy atom. The minimum Gasteiger partial charge on any atom is -0.370 e. The highest BCUT2D eigenvalue weighted by Gasteiger charge is 2.26. The molecule has 0 bridgehead atoms. The number of hydrogen-bond donors (Lipinski definition) is 1. The summed E-state index contributed by atoms with van der Waals surface area (Å²) in [5.74, 6) is 0. The van der Waals surface area contributed by atoms with Gasteiger partial charge in [-0.3, -0.25) is 4.57 Å². The smallest absolute Gasteiger partial charge is 0.370 e. The molecule has 0 saturated carbocycles. The molecule has 4 nitrogen and oxygen atoms in total. The lowest BCUT2D eigenvalue weighted by Gasteiger charge is -2.14. The van der Waals surface area contributed by atoms with Crippen LogP contribution in [0.2, 0.25) is 0 Å². The van der Waals surface area contributed by atoms with Gasteiger partial charge in [-0.15, -0.1) is 0 Å². The first kappa shape index (κ1) is 11.0. The standard InChI is InChI=1S/C5H12NO3PS/c1-4-6-5(11)10(7,8-2)9-3/h4H2,1-3H3,(H,6,11). The molecule has 0 aliphatic carbocycles. The molecule has 0 rings (SSSR count). The molecule has 6 heteroatoms. The topological polar surface area (TPSA) is 47.6 Å². The maximum Gasteiger partial charge on any atom is 0.387 e. The van der Waals surface area contributed by atoms with Crippen LogP contribution in [-0.4, -0.2) is 25.5 Å². The van der Waals surface area contributed by atoms with Crippen LogP contribution in [0.25, 0.3) is 0 Å². The molecule has 0 aromatic heterocycles. The molecule has 0 amide bonds. The van der Waals surface area contributed by atoms with Gasteiger partial charge in [-0.05, 0) is 6.92 Å². The fraction of sp³-hybridized carbons (Fsp3) is 0.800. The van der Waals surface area contributed by atoms with Crippen molar-refractivity contribution in [3.05, 3.63) is 0 Å². The highest BCUT2D eigenvalue weighted by atomic mass is 32.1. The van der Waals surface area contributed by atoms with Crippen molar-refractivity contribution in [3.8, 4) is 0 Å². The second-order valence-electron chi connectivity index (χ2n) is 1.70. The van der Waals surface area contributed by atoms with Gasteiger partial charge in [0.05, 0.1) is 0 Å². The third-order valence-electron chi connectivity index (χ3n) is 1.06. The summed E-state index contributed by atoms with van der Waals surface area (Å²) in [6, 6.07) is 0. The molecule has 0 fully saturated rings. The summed E-state index contributed by atoms with van der Waals surface area (Å²) in [4.78, 5) is 0. The Hall–Kier alpha value is 0.0400. The van der Waals surface area contributed by atoms with E-state index in [-0.39, 0.29) is 4.73 Å². The lowest BCUT2D eigenvalue weighted by atomic mass is 10.8. The SMILES string of the molecule is CCNC(=S)P(=O)(OC)OC. The van der Waals surface area contributed by atoms with Crippen molar-refractivity contribution in [2.45, 2.75) is 6.92 Å². The molecular formula is C5H12NO3PS. The van der Waals surface area contributed by atoms with Crippen LogP contribution in [0.3, 0.4) is 0 Å². The molecule has 11 heavy (non-hydrogen) atoms. The molecule has 66 valence electrons. The van der Waals surface area contributed by atoms with Crippen molar-refractivity contribution in [2.75, 3.05) is 20.8 Å². The highest BCUT2D eigenvalue weighted by Crippen LogP contribution is 2.46. The van der Waals surface area contributed by atoms with E-state index >= 15 is 0 Å². The van der Waals surface area contributed by atoms with Crippen molar-refractivity contribution in [1.29, 1.82) is 0 Å². The molecule has 0 unspecified atom stereocenters. The summed E-state index contributed by atoms with van der Waals surface area (Å²) >= 11 is 4.76. The van der Waals surface area contributed by atoms with Gasteiger partial charge in [-0.2, -0.15) is 0 Å². The monoisotopic (exact) mass is 197 g/mol. The van der Waals surface area contributed by atoms with Gasteiger partial charge < -0.3 is 14.4 Å². The average Bonchev–Trinajstić information content (AvgIpc) is 2.03. The predicted molar refractivity (Wildman–Crippen MR) is 47.9 cm³/mol. The maximum absolute atomic E-state index is 11.4. The van der Waals surface area contributed by atoms with Crippen LogP contribution in [-0.2, 0) is 13.6 Å². The van der Waals surface area contributed by atoms with Gasteiger partial charge in [0.15, 0.2) is 4.73 Å². The van der Waals surface area contributed by atoms with Crippen LogP contribution in [0.15, 0.2) is 0 Å². The van der Waals surface area contributed by atoms with Crippen LogP contribution in [0.5, 0.6) is 0 Å². The number of rotatable bonds is 4. The minimum atomic E-state index is -3.17. The minimum absolute atomic E-state index is 0.130. The molecule has 0 aromatic carbocycles. The summed E-state index contributed by atoms with van der Waals surface area (Å²) in [5, 5.41) is 2.71. The van der Waals surface area contributed by atoms with Crippen LogP contribution in [0.4, 0.5) is 0 Å². The molecule has 0 spiro atoms. The summed E-state index contributed by atoms with van der Waals surface area (Å²) < 4.78 is 20.8. The third kappa shape index (κ3) is 2.87. The molecule has 1 N–H and O–H groups in total. The number of nitrogens with one attached hydrogen (secondary N) is 1. The van der Waals surface area contributed by atoms with E-state index < -0.39 is 7.60 Å². The van der Waals surface area contributed by atoms with Gasteiger partial charge in [-0.25, -0.2) is 0 Å². The second-order valence-corrected chi connectivity index (χ2v) is 4.58. The van der Waals surface area contributed by atoms with Gasteiger partial charge in [0.25, 0.3) is 0 Å². The quantitative estimate of drug-likeness (QED) is 0.544. The fourth-order valence-electron chi connectivity index (χ4n) is 0.488. The van der Waals surface area contributed by atoms with E-state index in [2.05, 4.69) is 14.4 Å². The Morgan fingerprint density at radius 2 is 2.00 bits per heavy atom. The van der Waals surface area contributed by atoms with Gasteiger partial charge in [0.1, 0.15) is 0 Å². The van der Waals surface area contributed by atoms with Crippen LogP contribution < -0.4 is 5.32 Å². The second kappa shape index (κ2) is 4.83. The molecule has 0 radical (unpaired) electrons. The van der Waals surface area contributed by atoms with Crippen LogP contribution in [0, 0.1) is 0 Å². The van der Waals surface area contributed by atoms with E-state index in [9.17, 15) is 4.57 Å². The third-order valence-corrected chi connectivity index (χ3v) is 3.49. The summed E-state index contributed by atoms with van der Waals surface area (Å²) in [6.07, 6.45) is 0. The zero-order valence-corrected chi connectivity index (χ0v) is 8.50. The van der Waals surface area contributed by atoms with Gasteiger partial charge >= 0.3 is 7.60 Å². The first-order valence-corrected chi connectivity index (χ1v) is 5.05. The van der Waals surface area contributed by atoms with E-state index in [0.717, 1.165) is 0 Å². The normalized spacial score (nSPS) is 11.2. The number of thiocarbonyl (C=S) groups is 1. The van der Waals surface area contributed by atoms with E-state index in [0.29, 0.717) is 6.54 Å². The fourth-order valence-corrected chi connectivity index (χ4v) is 1.91. The Bertz CT molecular complexity index is 177. The maximum atomic E-state index is 11.4. The molecule has 0 aliphatic heterocycles. The lowest BCUT2D eigenvalue weighted by Crippen LogP contribution is -2.21. The van der Waals surface area contributed by atoms with E-state index in [4.69, 9.17) is 12.2 Å². The first-order valence-electron chi connectivity index (χ1n) is 3.10. The van der Waals surface area contributed by atoms with Crippen molar-refractivity contribution in [2.24, 2.45) is 0 Å². The van der Waals surface area contributed by atoms with Crippen molar-refractivity contribution < 1.29 is 13.6 Å². The van der Waals surface area contributed by atoms with Crippen LogP contribution >= 0.6 is 19.8 Å². The summed E-state index contributed by atoms with van der Waals surface area (Å²) in [7, 11) is -0.569. The Morgan fingerprint density at radius 3 is 2.27 bits per heavy atom. The largest absolute Gasteiger partial charge is 0.387 e. The molecular weight excluding hydrogens is 185 g/mol. The van der Waals surface area contributed by atoms with E-state index in [1.54, 1.807) is 0 Å². The van der Waals surface area contributed by atoms with Crippen molar-refractivity contribution in [3.63, 3.8) is 0 Å². The van der Waals surface area contributed by atoms with Gasteiger partial charge in [0, 0.05) is 20.8 Å². The summed E-state index contributed by atoms with van der Waals surface area (Å²) in [6.45, 7) is 2.46. The average molecular weight is 197 g/mol. The first-order chi connectivity index (χ1) is 5.10. The van der Waals surface area contributed by atoms with Crippen molar-refractivity contribution >= 4 is 24.5 Å². The van der Waals surface area contributed by atoms with Crippen LogP contribution in [0.1, 0.15) is 6.92 Å². The lowest BCUT2D eigenvalue weighted by molar-refractivity contribution is 0.290. The van der Waals surface area contributed by atoms with Gasteiger partial charge in [-0.1, -0.05) is 12.2 Å². The highest BCUT2D eigenvalue weighted by molar-refractivity contribution is 7.97. The zero-order valence-electron chi connectivity index (χ0n) is 6.79. The van der Waals surface area contributed by atoms with Crippen molar-refractivity contribution in [1.82, 2.24) is 5.32 Å². The summed E-state index contributed by atoms with van der Waals surface area (Å²) in [5.41, 5.74) is 0.